The monoisotopic (exact) mass is 938 g/mol. The zero-order valence-corrected chi connectivity index (χ0v) is 41.7. The summed E-state index contributed by atoms with van der Waals surface area (Å²) in [5.41, 5.74) is -3.82. The van der Waals surface area contributed by atoms with Crippen molar-refractivity contribution >= 4 is 34.4 Å². The van der Waals surface area contributed by atoms with Crippen LogP contribution in [0, 0.1) is 17.3 Å². The number of aromatic nitrogens is 1. The van der Waals surface area contributed by atoms with Gasteiger partial charge in [0.25, 0.3) is 5.91 Å². The second-order valence-electron chi connectivity index (χ2n) is 21.8. The number of nitrogens with one attached hydrogen (secondary N) is 2. The van der Waals surface area contributed by atoms with Crippen LogP contribution in [0.2, 0.25) is 0 Å². The van der Waals surface area contributed by atoms with Crippen LogP contribution in [0.4, 0.5) is 5.69 Å². The van der Waals surface area contributed by atoms with Crippen LogP contribution in [0.15, 0.2) is 48.6 Å². The van der Waals surface area contributed by atoms with Crippen molar-refractivity contribution < 1.29 is 43.9 Å². The molecule has 370 valence electrons. The molecular weight excluding hydrogens is 863 g/mol. The van der Waals surface area contributed by atoms with Crippen LogP contribution in [0.1, 0.15) is 115 Å². The number of carbonyl (C=O) groups excluding carboxylic acids is 3. The number of ether oxygens (including phenoxy) is 3. The van der Waals surface area contributed by atoms with E-state index in [1.54, 1.807) is 7.11 Å². The molecule has 68 heavy (non-hydrogen) atoms. The number of hydrogen-bond donors (Lipinski definition) is 5. The normalized spacial score (nSPS) is 35.3. The molecule has 3 fully saturated rings. The van der Waals surface area contributed by atoms with Gasteiger partial charge in [0.1, 0.15) is 23.3 Å². The van der Waals surface area contributed by atoms with Gasteiger partial charge >= 0.3 is 11.9 Å². The Balaban J connectivity index is 1.30. The van der Waals surface area contributed by atoms with E-state index in [2.05, 4.69) is 32.2 Å². The molecule has 14 heteroatoms. The van der Waals surface area contributed by atoms with Gasteiger partial charge in [0.15, 0.2) is 5.60 Å². The quantitative estimate of drug-likeness (QED) is 0.0827. The van der Waals surface area contributed by atoms with E-state index >= 15 is 9.59 Å². The van der Waals surface area contributed by atoms with E-state index in [0.29, 0.717) is 94.7 Å². The molecule has 1 spiro atoms. The number of carbonyl (C=O) groups is 3. The van der Waals surface area contributed by atoms with Crippen molar-refractivity contribution in [1.29, 1.82) is 0 Å². The first-order chi connectivity index (χ1) is 32.4. The molecule has 2 bridgehead atoms. The highest BCUT2D eigenvalue weighted by molar-refractivity contribution is 5.97. The Morgan fingerprint density at radius 1 is 1.01 bits per heavy atom. The van der Waals surface area contributed by atoms with E-state index < -0.39 is 69.0 Å². The molecule has 1 saturated carbocycles. The zero-order valence-electron chi connectivity index (χ0n) is 41.7. The minimum Gasteiger partial charge on any atom is -0.496 e. The molecule has 2 saturated heterocycles. The van der Waals surface area contributed by atoms with Gasteiger partial charge in [-0.25, -0.2) is 4.79 Å². The number of hydrogen-bond acceptors (Lipinski definition) is 12. The summed E-state index contributed by atoms with van der Waals surface area (Å²) in [6.07, 6.45) is 7.15. The van der Waals surface area contributed by atoms with Crippen molar-refractivity contribution in [2.45, 2.75) is 145 Å². The smallest absolute Gasteiger partial charge is 0.328 e. The maximum absolute atomic E-state index is 15.6. The summed E-state index contributed by atoms with van der Waals surface area (Å²) in [5.74, 6) is -1.56. The summed E-state index contributed by atoms with van der Waals surface area (Å²) in [6, 6.07) is 10.7. The van der Waals surface area contributed by atoms with Gasteiger partial charge < -0.3 is 44.7 Å². The number of unbranched alkanes of at least 4 members (excludes halogenated alkanes) is 1. The van der Waals surface area contributed by atoms with Gasteiger partial charge in [0.2, 0.25) is 0 Å². The first-order valence-electron chi connectivity index (χ1n) is 25.3. The number of piperidine rings is 1. The Labute approximate surface area is 401 Å². The number of likely N-dealkylation sites (N-methyl/N-ethyl adjacent to an activating group) is 1. The largest absolute Gasteiger partial charge is 0.496 e. The third-order valence-electron chi connectivity index (χ3n) is 18.1. The number of para-hydroxylation sites is 1. The first kappa shape index (κ1) is 48.5. The van der Waals surface area contributed by atoms with Crippen molar-refractivity contribution in [1.82, 2.24) is 20.1 Å². The number of esters is 2. The van der Waals surface area contributed by atoms with Crippen molar-refractivity contribution in [2.24, 2.45) is 17.3 Å². The van der Waals surface area contributed by atoms with E-state index in [1.807, 2.05) is 89.9 Å². The molecule has 2 aromatic carbocycles. The second-order valence-corrected chi connectivity index (χ2v) is 21.8. The zero-order chi connectivity index (χ0) is 48.8. The van der Waals surface area contributed by atoms with Crippen molar-refractivity contribution in [3.05, 3.63) is 70.9 Å². The maximum Gasteiger partial charge on any atom is 0.328 e. The van der Waals surface area contributed by atoms with Crippen LogP contribution in [0.25, 0.3) is 10.9 Å². The molecule has 6 heterocycles. The molecule has 1 aromatic heterocycles. The van der Waals surface area contributed by atoms with Crippen LogP contribution in [0.3, 0.4) is 0 Å². The van der Waals surface area contributed by atoms with Gasteiger partial charge in [-0.15, -0.1) is 0 Å². The van der Waals surface area contributed by atoms with Crippen molar-refractivity contribution in [3.8, 4) is 5.75 Å². The van der Waals surface area contributed by atoms with E-state index in [-0.39, 0.29) is 24.9 Å². The number of aliphatic hydroxyl groups excluding tert-OH is 1. The molecule has 11 atom stereocenters. The number of amides is 1. The fraction of sp³-hybridized carbons (Fsp3) is 0.648. The van der Waals surface area contributed by atoms with E-state index in [4.69, 9.17) is 14.2 Å². The summed E-state index contributed by atoms with van der Waals surface area (Å²) in [6.45, 7) is 15.2. The van der Waals surface area contributed by atoms with Crippen LogP contribution in [-0.4, -0.2) is 143 Å². The van der Waals surface area contributed by atoms with Gasteiger partial charge in [-0.2, -0.15) is 0 Å². The number of nitrogens with zero attached hydrogens (tertiary/aromatic N) is 3. The van der Waals surface area contributed by atoms with Gasteiger partial charge in [-0.05, 0) is 99.9 Å². The number of aliphatic hydroxyl groups is 3. The summed E-state index contributed by atoms with van der Waals surface area (Å²) in [5, 5.41) is 43.2. The van der Waals surface area contributed by atoms with Crippen LogP contribution in [0.5, 0.6) is 5.75 Å². The highest BCUT2D eigenvalue weighted by Crippen LogP contribution is 2.71. The van der Waals surface area contributed by atoms with Gasteiger partial charge in [0.05, 0.1) is 32.0 Å². The third-order valence-corrected chi connectivity index (χ3v) is 18.1. The molecular formula is C54H75N5O9. The summed E-state index contributed by atoms with van der Waals surface area (Å²) in [7, 11) is 4.91. The Bertz CT molecular complexity index is 2490. The Morgan fingerprint density at radius 2 is 1.78 bits per heavy atom. The molecule has 1 aliphatic carbocycles. The average Bonchev–Trinajstić information content (AvgIpc) is 3.98. The highest BCUT2D eigenvalue weighted by Gasteiger charge is 2.84. The Hall–Kier alpha value is -4.47. The number of fused-ring (bicyclic) bond motifs is 6. The SMILES string of the molecule is CCCCOC(=O)[C@H](CC(C)C)NC(=O)[C@@]1(O)[C@H](O)[C@]2(CC)C=CCN3CC[C@@]4(c5cc([C@@]6(C(=O)OC)C[C@H]7CN(CCc8c6[nH]c6ccccc86)C[C@](O)(CC)C7)c(OC)cc5N(C)[C@@]14C)[C@@H]32. The van der Waals surface area contributed by atoms with E-state index in [9.17, 15) is 20.1 Å². The average molecular weight is 938 g/mol. The molecule has 9 rings (SSSR count). The van der Waals surface area contributed by atoms with Gasteiger partial charge in [-0.1, -0.05) is 71.4 Å². The number of benzene rings is 2. The van der Waals surface area contributed by atoms with Crippen LogP contribution >= 0.6 is 0 Å². The van der Waals surface area contributed by atoms with Crippen molar-refractivity contribution in [2.75, 3.05) is 65.5 Å². The Morgan fingerprint density at radius 3 is 2.47 bits per heavy atom. The standard InChI is InChI=1S/C54H75N5O9/c1-10-13-25-68-44(60)40(26-33(4)5)56-47(62)54(65)46(61)51(12-3)20-16-22-59-24-21-53(45(51)59)37-27-38(42(66-8)28-41(37)57(7)49(53,54)6)52(48(63)67-9)30-34-29-50(64,11-2)32-58(31-34)23-19-36-35-17-14-15-18-39(35)55-43(36)52/h14-18,20,27-28,33-34,40,45-46,55,61,64-65H,10-13,19,21-26,29-32H2,1-9H3,(H,56,62)/t34-,40-,45-,46+,49+,50-,51+,52-,53+,54-/m0/s1. The number of H-pyrrole nitrogens is 1. The predicted octanol–water partition coefficient (Wildman–Crippen LogP) is 5.51. The van der Waals surface area contributed by atoms with Crippen LogP contribution < -0.4 is 15.0 Å². The highest BCUT2D eigenvalue weighted by atomic mass is 16.5. The number of aromatic amines is 1. The van der Waals surface area contributed by atoms with Gasteiger partial charge in [-0.3, -0.25) is 19.4 Å². The lowest BCUT2D eigenvalue weighted by Crippen LogP contribution is -2.87. The fourth-order valence-electron chi connectivity index (χ4n) is 14.8. The van der Waals surface area contributed by atoms with E-state index in [0.717, 1.165) is 34.1 Å². The molecule has 0 radical (unpaired) electrons. The Kier molecular flexibility index (Phi) is 12.4. The predicted molar refractivity (Wildman–Crippen MR) is 261 cm³/mol. The van der Waals surface area contributed by atoms with Crippen molar-refractivity contribution in [3.63, 3.8) is 0 Å². The van der Waals surface area contributed by atoms with Crippen LogP contribution in [-0.2, 0) is 41.1 Å². The lowest BCUT2D eigenvalue weighted by molar-refractivity contribution is -0.224. The summed E-state index contributed by atoms with van der Waals surface area (Å²) >= 11 is 0. The molecule has 3 aromatic rings. The molecule has 14 nitrogen and oxygen atoms in total. The lowest BCUT2D eigenvalue weighted by atomic mass is 9.42. The first-order valence-corrected chi connectivity index (χ1v) is 25.3. The van der Waals surface area contributed by atoms with Gasteiger partial charge in [0, 0.05) is 84.0 Å². The molecule has 1 unspecified atom stereocenters. The molecule has 1 amide bonds. The third kappa shape index (κ3) is 6.62. The maximum atomic E-state index is 15.6. The number of methoxy groups -OCH3 is 2. The lowest BCUT2D eigenvalue weighted by Gasteiger charge is -2.68. The summed E-state index contributed by atoms with van der Waals surface area (Å²) < 4.78 is 18.2. The molecule has 6 aliphatic rings. The topological polar surface area (TPSA) is 177 Å². The minimum absolute atomic E-state index is 0.00264. The summed E-state index contributed by atoms with van der Waals surface area (Å²) in [4.78, 5) is 55.4. The second kappa shape index (κ2) is 17.4. The molecule has 5 N–H and O–H groups in total. The number of anilines is 1. The minimum atomic E-state index is -2.50. The number of rotatable bonds is 13. The van der Waals surface area contributed by atoms with E-state index in [1.165, 1.54) is 7.11 Å². The fourth-order valence-corrected chi connectivity index (χ4v) is 14.8. The molecule has 5 aliphatic heterocycles.